The van der Waals surface area contributed by atoms with Gasteiger partial charge in [-0.05, 0) is 37.6 Å². The fourth-order valence-corrected chi connectivity index (χ4v) is 3.45. The number of hydrogen-bond donors (Lipinski definition) is 1. The van der Waals surface area contributed by atoms with Crippen molar-refractivity contribution in [2.24, 2.45) is 0 Å². The largest absolute Gasteiger partial charge is 0.495 e. The van der Waals surface area contributed by atoms with E-state index < -0.39 is 0 Å². The monoisotopic (exact) mass is 291 g/mol. The lowest BCUT2D eigenvalue weighted by Gasteiger charge is -2.39. The van der Waals surface area contributed by atoms with Crippen molar-refractivity contribution in [1.82, 2.24) is 15.2 Å². The molecular weight excluding hydrogens is 266 g/mol. The van der Waals surface area contributed by atoms with E-state index >= 15 is 0 Å². The Bertz CT molecular complexity index is 469. The zero-order valence-electron chi connectivity index (χ0n) is 12.9. The number of ether oxygens (including phenoxy) is 2. The van der Waals surface area contributed by atoms with Gasteiger partial charge in [-0.15, -0.1) is 0 Å². The van der Waals surface area contributed by atoms with Gasteiger partial charge in [0.2, 0.25) is 0 Å². The lowest BCUT2D eigenvalue weighted by molar-refractivity contribution is -0.0651. The first-order valence-electron chi connectivity index (χ1n) is 7.89. The van der Waals surface area contributed by atoms with Gasteiger partial charge in [-0.1, -0.05) is 6.92 Å². The van der Waals surface area contributed by atoms with Gasteiger partial charge < -0.3 is 14.8 Å². The minimum absolute atomic E-state index is 0.166. The van der Waals surface area contributed by atoms with Gasteiger partial charge in [0.05, 0.1) is 32.1 Å². The van der Waals surface area contributed by atoms with E-state index in [0.717, 1.165) is 31.0 Å². The quantitative estimate of drug-likeness (QED) is 0.893. The van der Waals surface area contributed by atoms with Gasteiger partial charge >= 0.3 is 0 Å². The molecule has 0 saturated carbocycles. The van der Waals surface area contributed by atoms with Crippen molar-refractivity contribution < 1.29 is 9.47 Å². The number of pyridine rings is 1. The normalized spacial score (nSPS) is 27.3. The van der Waals surface area contributed by atoms with Crippen molar-refractivity contribution in [1.29, 1.82) is 0 Å². The molecule has 0 amide bonds. The topological polar surface area (TPSA) is 46.6 Å². The summed E-state index contributed by atoms with van der Waals surface area (Å²) in [5, 5.41) is 3.55. The van der Waals surface area contributed by atoms with Crippen LogP contribution in [0.3, 0.4) is 0 Å². The van der Waals surface area contributed by atoms with Crippen LogP contribution in [0.4, 0.5) is 0 Å². The number of likely N-dealkylation sites (N-methyl/N-ethyl adjacent to an activating group) is 1. The average molecular weight is 291 g/mol. The summed E-state index contributed by atoms with van der Waals surface area (Å²) in [5.74, 6) is 0.797. The number of hydrogen-bond acceptors (Lipinski definition) is 5. The second-order valence-corrected chi connectivity index (χ2v) is 5.86. The second kappa shape index (κ2) is 6.73. The molecular formula is C16H25N3O2. The van der Waals surface area contributed by atoms with Crippen LogP contribution in [0.2, 0.25) is 0 Å². The van der Waals surface area contributed by atoms with Crippen LogP contribution in [0.1, 0.15) is 31.4 Å². The predicted molar refractivity (Wildman–Crippen MR) is 81.5 cm³/mol. The highest BCUT2D eigenvalue weighted by atomic mass is 16.5. The van der Waals surface area contributed by atoms with Crippen LogP contribution in [0.25, 0.3) is 0 Å². The summed E-state index contributed by atoms with van der Waals surface area (Å²) in [6.07, 6.45) is 6.40. The summed E-state index contributed by atoms with van der Waals surface area (Å²) in [6, 6.07) is 2.85. The molecule has 2 aliphatic heterocycles. The predicted octanol–water partition coefficient (Wildman–Crippen LogP) is 1.60. The van der Waals surface area contributed by atoms with Crippen LogP contribution in [-0.2, 0) is 4.74 Å². The fourth-order valence-electron chi connectivity index (χ4n) is 3.45. The summed E-state index contributed by atoms with van der Waals surface area (Å²) >= 11 is 0. The van der Waals surface area contributed by atoms with Crippen LogP contribution in [-0.4, -0.2) is 55.4 Å². The molecule has 2 saturated heterocycles. The van der Waals surface area contributed by atoms with Crippen molar-refractivity contribution in [2.45, 2.75) is 38.0 Å². The average Bonchev–Trinajstić information content (AvgIpc) is 3.00. The van der Waals surface area contributed by atoms with Crippen molar-refractivity contribution in [3.05, 3.63) is 24.0 Å². The van der Waals surface area contributed by atoms with Gasteiger partial charge in [0.15, 0.2) is 0 Å². The van der Waals surface area contributed by atoms with E-state index in [0.29, 0.717) is 6.04 Å². The van der Waals surface area contributed by atoms with Gasteiger partial charge in [-0.25, -0.2) is 0 Å². The van der Waals surface area contributed by atoms with Gasteiger partial charge in [0.25, 0.3) is 0 Å². The molecule has 0 radical (unpaired) electrons. The molecule has 116 valence electrons. The zero-order chi connectivity index (χ0) is 14.7. The molecule has 2 aliphatic rings. The number of morpholine rings is 1. The molecule has 0 spiro atoms. The molecule has 0 aliphatic carbocycles. The van der Waals surface area contributed by atoms with E-state index in [1.165, 1.54) is 19.4 Å². The Hall–Kier alpha value is -1.17. The van der Waals surface area contributed by atoms with E-state index in [9.17, 15) is 0 Å². The Labute approximate surface area is 126 Å². The third-order valence-electron chi connectivity index (χ3n) is 4.54. The number of nitrogens with zero attached hydrogens (tertiary/aromatic N) is 2. The first-order valence-corrected chi connectivity index (χ1v) is 7.89. The molecule has 2 fully saturated rings. The van der Waals surface area contributed by atoms with Crippen LogP contribution >= 0.6 is 0 Å². The minimum atomic E-state index is 0.166. The van der Waals surface area contributed by atoms with E-state index in [2.05, 4.69) is 28.2 Å². The Morgan fingerprint density at radius 3 is 3.24 bits per heavy atom. The van der Waals surface area contributed by atoms with Gasteiger partial charge in [-0.2, -0.15) is 0 Å². The van der Waals surface area contributed by atoms with Crippen LogP contribution in [0.15, 0.2) is 18.5 Å². The van der Waals surface area contributed by atoms with Crippen molar-refractivity contribution in [3.63, 3.8) is 0 Å². The minimum Gasteiger partial charge on any atom is -0.495 e. The van der Waals surface area contributed by atoms with Gasteiger partial charge in [0, 0.05) is 18.8 Å². The maximum absolute atomic E-state index is 6.16. The highest BCUT2D eigenvalue weighted by molar-refractivity contribution is 5.27. The molecule has 0 aromatic carbocycles. The van der Waals surface area contributed by atoms with Crippen LogP contribution in [0.5, 0.6) is 5.75 Å². The molecule has 1 N–H and O–H groups in total. The molecule has 3 heterocycles. The zero-order valence-corrected chi connectivity index (χ0v) is 12.9. The molecule has 0 bridgehead atoms. The number of fused-ring (bicyclic) bond motifs is 1. The Kier molecular flexibility index (Phi) is 4.73. The summed E-state index contributed by atoms with van der Waals surface area (Å²) in [4.78, 5) is 6.86. The SMILES string of the molecule is CCNC(c1cncc(OC)c1)C1CN2CCCC2CO1. The van der Waals surface area contributed by atoms with Gasteiger partial charge in [-0.3, -0.25) is 9.88 Å². The standard InChI is InChI=1S/C16H25N3O2/c1-3-18-16(12-7-14(20-2)9-17-8-12)15-10-19-6-4-5-13(19)11-21-15/h7-9,13,15-16,18H,3-6,10-11H2,1-2H3. The highest BCUT2D eigenvalue weighted by Crippen LogP contribution is 2.29. The van der Waals surface area contributed by atoms with Crippen LogP contribution < -0.4 is 10.1 Å². The molecule has 5 nitrogen and oxygen atoms in total. The Morgan fingerprint density at radius 1 is 1.52 bits per heavy atom. The number of rotatable bonds is 5. The van der Waals surface area contributed by atoms with Crippen molar-refractivity contribution >= 4 is 0 Å². The van der Waals surface area contributed by atoms with Crippen molar-refractivity contribution in [2.75, 3.05) is 33.4 Å². The summed E-state index contributed by atoms with van der Waals surface area (Å²) < 4.78 is 11.5. The Morgan fingerprint density at radius 2 is 2.43 bits per heavy atom. The first kappa shape index (κ1) is 14.8. The maximum Gasteiger partial charge on any atom is 0.137 e. The number of methoxy groups -OCH3 is 1. The highest BCUT2D eigenvalue weighted by Gasteiger charge is 2.36. The third kappa shape index (κ3) is 3.20. The second-order valence-electron chi connectivity index (χ2n) is 5.86. The van der Waals surface area contributed by atoms with Gasteiger partial charge in [0.1, 0.15) is 5.75 Å². The van der Waals surface area contributed by atoms with Crippen LogP contribution in [0, 0.1) is 0 Å². The lowest BCUT2D eigenvalue weighted by atomic mass is 10.0. The molecule has 5 heteroatoms. The molecule has 21 heavy (non-hydrogen) atoms. The smallest absolute Gasteiger partial charge is 0.137 e. The van der Waals surface area contributed by atoms with E-state index in [1.54, 1.807) is 13.3 Å². The van der Waals surface area contributed by atoms with E-state index in [1.807, 2.05) is 6.20 Å². The molecule has 3 rings (SSSR count). The Balaban J connectivity index is 1.77. The number of aromatic nitrogens is 1. The summed E-state index contributed by atoms with van der Waals surface area (Å²) in [6.45, 7) is 6.09. The summed E-state index contributed by atoms with van der Waals surface area (Å²) in [7, 11) is 1.68. The first-order chi connectivity index (χ1) is 10.3. The molecule has 1 aromatic heterocycles. The third-order valence-corrected chi connectivity index (χ3v) is 4.54. The lowest BCUT2D eigenvalue weighted by Crippen LogP contribution is -2.50. The number of nitrogens with one attached hydrogen (secondary N) is 1. The fraction of sp³-hybridized carbons (Fsp3) is 0.688. The molecule has 3 atom stereocenters. The van der Waals surface area contributed by atoms with Crippen molar-refractivity contribution in [3.8, 4) is 5.75 Å². The van der Waals surface area contributed by atoms with E-state index in [4.69, 9.17) is 9.47 Å². The summed E-state index contributed by atoms with van der Waals surface area (Å²) in [5.41, 5.74) is 1.14. The maximum atomic E-state index is 6.16. The molecule has 1 aromatic rings. The molecule has 3 unspecified atom stereocenters. The van der Waals surface area contributed by atoms with E-state index in [-0.39, 0.29) is 12.1 Å².